The summed E-state index contributed by atoms with van der Waals surface area (Å²) in [6.45, 7) is 6.09. The summed E-state index contributed by atoms with van der Waals surface area (Å²) >= 11 is 1.47. The maximum Gasteiger partial charge on any atom is 0.335 e. The predicted octanol–water partition coefficient (Wildman–Crippen LogP) is 3.46. The van der Waals surface area contributed by atoms with E-state index in [4.69, 9.17) is 5.11 Å². The Bertz CT molecular complexity index is 750. The fraction of sp³-hybridized carbons (Fsp3) is 0.312. The molecule has 0 aliphatic heterocycles. The van der Waals surface area contributed by atoms with Crippen molar-refractivity contribution in [3.05, 3.63) is 45.7 Å². The van der Waals surface area contributed by atoms with Crippen LogP contribution in [0.15, 0.2) is 23.6 Å². The largest absolute Gasteiger partial charge is 0.478 e. The van der Waals surface area contributed by atoms with Crippen LogP contribution in [-0.4, -0.2) is 22.0 Å². The zero-order valence-electron chi connectivity index (χ0n) is 13.0. The van der Waals surface area contributed by atoms with Gasteiger partial charge in [-0.05, 0) is 18.2 Å². The van der Waals surface area contributed by atoms with Crippen LogP contribution in [0, 0.1) is 5.82 Å². The van der Waals surface area contributed by atoms with Gasteiger partial charge in [0.05, 0.1) is 28.4 Å². The number of rotatable bonds is 4. The number of carbonyl (C=O) groups excluding carboxylic acids is 1. The molecule has 5 nitrogen and oxygen atoms in total. The smallest absolute Gasteiger partial charge is 0.335 e. The number of anilines is 1. The van der Waals surface area contributed by atoms with Crippen LogP contribution in [0.4, 0.5) is 10.1 Å². The lowest BCUT2D eigenvalue weighted by Crippen LogP contribution is -2.17. The number of aromatic nitrogens is 1. The Morgan fingerprint density at radius 3 is 2.61 bits per heavy atom. The Kier molecular flexibility index (Phi) is 4.79. The van der Waals surface area contributed by atoms with Gasteiger partial charge in [-0.15, -0.1) is 11.3 Å². The average molecular weight is 336 g/mol. The first kappa shape index (κ1) is 17.1. The summed E-state index contributed by atoms with van der Waals surface area (Å²) in [4.78, 5) is 27.3. The van der Waals surface area contributed by atoms with Gasteiger partial charge in [-0.2, -0.15) is 0 Å². The van der Waals surface area contributed by atoms with Crippen molar-refractivity contribution in [2.75, 3.05) is 5.32 Å². The number of nitrogens with zero attached hydrogens (tertiary/aromatic N) is 1. The molecule has 122 valence electrons. The highest BCUT2D eigenvalue weighted by Gasteiger charge is 2.19. The molecule has 1 heterocycles. The molecule has 0 fully saturated rings. The minimum atomic E-state index is -1.19. The van der Waals surface area contributed by atoms with Gasteiger partial charge in [-0.1, -0.05) is 20.8 Å². The van der Waals surface area contributed by atoms with Gasteiger partial charge in [-0.25, -0.2) is 14.2 Å². The standard InChI is InChI=1S/C16H17FN2O3S/c1-16(2,3)15-18-10(8-23-15)7-13(20)19-12-6-9(14(21)22)4-5-11(12)17/h4-6,8H,7H2,1-3H3,(H,19,20)(H,21,22). The van der Waals surface area contributed by atoms with Gasteiger partial charge in [-0.3, -0.25) is 4.79 Å². The van der Waals surface area contributed by atoms with Gasteiger partial charge in [0, 0.05) is 10.8 Å². The van der Waals surface area contributed by atoms with E-state index < -0.39 is 17.7 Å². The fourth-order valence-electron chi connectivity index (χ4n) is 1.85. The third kappa shape index (κ3) is 4.35. The molecule has 1 aromatic carbocycles. The van der Waals surface area contributed by atoms with E-state index in [1.54, 1.807) is 5.38 Å². The van der Waals surface area contributed by atoms with Crippen LogP contribution in [-0.2, 0) is 16.6 Å². The van der Waals surface area contributed by atoms with Gasteiger partial charge >= 0.3 is 5.97 Å². The first-order valence-electron chi connectivity index (χ1n) is 6.94. The monoisotopic (exact) mass is 336 g/mol. The molecule has 1 aromatic heterocycles. The summed E-state index contributed by atoms with van der Waals surface area (Å²) in [7, 11) is 0. The van der Waals surface area contributed by atoms with Crippen molar-refractivity contribution < 1.29 is 19.1 Å². The normalized spacial score (nSPS) is 11.3. The number of benzene rings is 1. The minimum Gasteiger partial charge on any atom is -0.478 e. The first-order chi connectivity index (χ1) is 10.7. The maximum atomic E-state index is 13.7. The predicted molar refractivity (Wildman–Crippen MR) is 86.5 cm³/mol. The molecular formula is C16H17FN2O3S. The third-order valence-corrected chi connectivity index (χ3v) is 4.34. The molecular weight excluding hydrogens is 319 g/mol. The molecule has 0 radical (unpaired) electrons. The fourth-order valence-corrected chi connectivity index (χ4v) is 2.75. The van der Waals surface area contributed by atoms with Crippen LogP contribution >= 0.6 is 11.3 Å². The van der Waals surface area contributed by atoms with Crippen molar-refractivity contribution in [3.8, 4) is 0 Å². The van der Waals surface area contributed by atoms with Gasteiger partial charge in [0.15, 0.2) is 0 Å². The lowest BCUT2D eigenvalue weighted by molar-refractivity contribution is -0.115. The number of amides is 1. The second-order valence-corrected chi connectivity index (χ2v) is 6.98. The van der Waals surface area contributed by atoms with Crippen molar-refractivity contribution in [3.63, 3.8) is 0 Å². The van der Waals surface area contributed by atoms with Gasteiger partial charge < -0.3 is 10.4 Å². The summed E-state index contributed by atoms with van der Waals surface area (Å²) < 4.78 is 13.7. The molecule has 23 heavy (non-hydrogen) atoms. The van der Waals surface area contributed by atoms with Crippen molar-refractivity contribution in [2.24, 2.45) is 0 Å². The lowest BCUT2D eigenvalue weighted by Gasteiger charge is -2.13. The summed E-state index contributed by atoms with van der Waals surface area (Å²) in [5.74, 6) is -2.32. The molecule has 0 saturated carbocycles. The van der Waals surface area contributed by atoms with Gasteiger partial charge in [0.1, 0.15) is 5.82 Å². The number of hydrogen-bond donors (Lipinski definition) is 2. The zero-order chi connectivity index (χ0) is 17.2. The van der Waals surface area contributed by atoms with E-state index in [0.29, 0.717) is 5.69 Å². The average Bonchev–Trinajstić information content (AvgIpc) is 2.89. The Morgan fingerprint density at radius 2 is 2.04 bits per heavy atom. The number of carboxylic acids is 1. The number of nitrogens with one attached hydrogen (secondary N) is 1. The summed E-state index contributed by atoms with van der Waals surface area (Å²) in [6, 6.07) is 3.25. The number of hydrogen-bond acceptors (Lipinski definition) is 4. The Labute approximate surface area is 137 Å². The molecule has 2 N–H and O–H groups in total. The van der Waals surface area contributed by atoms with Crippen molar-refractivity contribution in [1.29, 1.82) is 0 Å². The highest BCUT2D eigenvalue weighted by Crippen LogP contribution is 2.26. The summed E-state index contributed by atoms with van der Waals surface area (Å²) in [6.07, 6.45) is 0.00329. The Morgan fingerprint density at radius 1 is 1.35 bits per heavy atom. The number of carboxylic acid groups (broad SMARTS) is 1. The quantitative estimate of drug-likeness (QED) is 0.896. The van der Waals surface area contributed by atoms with Crippen LogP contribution in [0.5, 0.6) is 0 Å². The molecule has 7 heteroatoms. The van der Waals surface area contributed by atoms with Gasteiger partial charge in [0.25, 0.3) is 0 Å². The summed E-state index contributed by atoms with van der Waals surface area (Å²) in [5.41, 5.74) is 0.264. The number of thiazole rings is 1. The van der Waals surface area contributed by atoms with Crippen LogP contribution < -0.4 is 5.32 Å². The van der Waals surface area contributed by atoms with E-state index in [9.17, 15) is 14.0 Å². The number of aromatic carboxylic acids is 1. The van der Waals surface area contributed by atoms with E-state index in [1.807, 2.05) is 20.8 Å². The molecule has 0 bridgehead atoms. The Hall–Kier alpha value is -2.28. The second-order valence-electron chi connectivity index (χ2n) is 6.12. The summed E-state index contributed by atoms with van der Waals surface area (Å²) in [5, 5.41) is 14.0. The molecule has 0 aliphatic rings. The highest BCUT2D eigenvalue weighted by atomic mass is 32.1. The van der Waals surface area contributed by atoms with E-state index >= 15 is 0 Å². The van der Waals surface area contributed by atoms with E-state index in [-0.39, 0.29) is 23.1 Å². The SMILES string of the molecule is CC(C)(C)c1nc(CC(=O)Nc2cc(C(=O)O)ccc2F)cs1. The highest BCUT2D eigenvalue weighted by molar-refractivity contribution is 7.09. The molecule has 0 saturated heterocycles. The molecule has 1 amide bonds. The first-order valence-corrected chi connectivity index (χ1v) is 7.82. The van der Waals surface area contributed by atoms with Crippen LogP contribution in [0.3, 0.4) is 0 Å². The van der Waals surface area contributed by atoms with Crippen molar-refractivity contribution in [2.45, 2.75) is 32.6 Å². The van der Waals surface area contributed by atoms with E-state index in [0.717, 1.165) is 23.2 Å². The number of carbonyl (C=O) groups is 2. The molecule has 2 aromatic rings. The third-order valence-electron chi connectivity index (χ3n) is 3.02. The minimum absolute atomic E-state index is 0.00329. The molecule has 2 rings (SSSR count). The topological polar surface area (TPSA) is 79.3 Å². The van der Waals surface area contributed by atoms with Crippen LogP contribution in [0.2, 0.25) is 0 Å². The molecule has 0 spiro atoms. The molecule has 0 unspecified atom stereocenters. The molecule has 0 atom stereocenters. The van der Waals surface area contributed by atoms with Gasteiger partial charge in [0.2, 0.25) is 5.91 Å². The Balaban J connectivity index is 2.09. The van der Waals surface area contributed by atoms with E-state index in [2.05, 4.69) is 10.3 Å². The van der Waals surface area contributed by atoms with Crippen LogP contribution in [0.25, 0.3) is 0 Å². The lowest BCUT2D eigenvalue weighted by atomic mass is 9.98. The van der Waals surface area contributed by atoms with Crippen LogP contribution in [0.1, 0.15) is 41.8 Å². The van der Waals surface area contributed by atoms with Crippen molar-refractivity contribution >= 4 is 28.9 Å². The molecule has 0 aliphatic carbocycles. The number of halogens is 1. The zero-order valence-corrected chi connectivity index (χ0v) is 13.8. The van der Waals surface area contributed by atoms with E-state index in [1.165, 1.54) is 11.3 Å². The maximum absolute atomic E-state index is 13.7. The second kappa shape index (κ2) is 6.45. The van der Waals surface area contributed by atoms with Crippen molar-refractivity contribution in [1.82, 2.24) is 4.98 Å².